The number of hydrogen-bond acceptors (Lipinski definition) is 5. The second kappa shape index (κ2) is 10.8. The molecule has 0 spiro atoms. The number of nitrogens with one attached hydrogen (secondary N) is 2. The first-order chi connectivity index (χ1) is 14.6. The summed E-state index contributed by atoms with van der Waals surface area (Å²) in [5, 5.41) is 6.15. The number of fused-ring (bicyclic) bond motifs is 1. The molecule has 0 radical (unpaired) electrons. The molecule has 2 saturated carbocycles. The van der Waals surface area contributed by atoms with Gasteiger partial charge in [0.2, 0.25) is 5.91 Å². The minimum absolute atomic E-state index is 0.243. The Hall–Kier alpha value is -0.690. The van der Waals surface area contributed by atoms with Crippen molar-refractivity contribution in [3.8, 4) is 0 Å². The molecule has 4 rings (SSSR count). The molecule has 0 aromatic heterocycles. The van der Waals surface area contributed by atoms with E-state index in [0.717, 1.165) is 61.8 Å². The highest BCUT2D eigenvalue weighted by atomic mass is 16.2. The fourth-order valence-corrected chi connectivity index (χ4v) is 6.82. The third-order valence-corrected chi connectivity index (χ3v) is 8.78. The van der Waals surface area contributed by atoms with E-state index in [4.69, 9.17) is 5.73 Å². The topological polar surface area (TPSA) is 73.6 Å². The van der Waals surface area contributed by atoms with Crippen molar-refractivity contribution < 1.29 is 4.79 Å². The van der Waals surface area contributed by atoms with Crippen LogP contribution in [0.5, 0.6) is 0 Å². The van der Waals surface area contributed by atoms with E-state index in [-0.39, 0.29) is 5.91 Å². The molecule has 4 aliphatic rings. The molecule has 2 heterocycles. The van der Waals surface area contributed by atoms with Gasteiger partial charge >= 0.3 is 0 Å². The van der Waals surface area contributed by atoms with Crippen molar-refractivity contribution in [1.29, 1.82) is 0 Å². The normalized spacial score (nSPS) is 36.1. The molecule has 3 atom stereocenters. The van der Waals surface area contributed by atoms with Crippen LogP contribution in [0.2, 0.25) is 0 Å². The predicted octanol–water partition coefficient (Wildman–Crippen LogP) is 2.20. The molecule has 0 aromatic rings. The van der Waals surface area contributed by atoms with E-state index in [2.05, 4.69) is 15.8 Å². The molecule has 6 heteroatoms. The average Bonchev–Trinajstić information content (AvgIpc) is 3.17. The lowest BCUT2D eigenvalue weighted by atomic mass is 9.68. The van der Waals surface area contributed by atoms with E-state index in [1.165, 1.54) is 77.4 Å². The molecular formula is C24H45N5O. The highest BCUT2D eigenvalue weighted by molar-refractivity contribution is 5.73. The van der Waals surface area contributed by atoms with E-state index >= 15 is 0 Å². The standard InChI is InChI=1S/C24H45N5O/c1-18(30)28-12-8-20(9-13-28)17-29-24-14-22(6-7-23(24)16-27-29)21-4-2-19(3-5-21)15-26-11-10-25/h19-24,26-27H,2-17,25H2,1H3. The first-order valence-electron chi connectivity index (χ1n) is 12.8. The smallest absolute Gasteiger partial charge is 0.219 e. The summed E-state index contributed by atoms with van der Waals surface area (Å²) >= 11 is 0. The third kappa shape index (κ3) is 5.56. The molecule has 2 aliphatic heterocycles. The van der Waals surface area contributed by atoms with Crippen molar-refractivity contribution in [1.82, 2.24) is 20.7 Å². The first kappa shape index (κ1) is 22.5. The summed E-state index contributed by atoms with van der Waals surface area (Å²) in [7, 11) is 0. The predicted molar refractivity (Wildman–Crippen MR) is 122 cm³/mol. The molecule has 0 bridgehead atoms. The van der Waals surface area contributed by atoms with Gasteiger partial charge in [0.25, 0.3) is 0 Å². The number of carbonyl (C=O) groups excluding carboxylic acids is 1. The maximum atomic E-state index is 11.6. The van der Waals surface area contributed by atoms with E-state index < -0.39 is 0 Å². The number of likely N-dealkylation sites (tertiary alicyclic amines) is 1. The SMILES string of the molecule is CC(=O)N1CCC(CN2NCC3CCC(C4CCC(CNCCN)CC4)CC32)CC1. The number of rotatable bonds is 7. The molecule has 0 aromatic carbocycles. The van der Waals surface area contributed by atoms with Crippen molar-refractivity contribution in [2.75, 3.05) is 45.8 Å². The van der Waals surface area contributed by atoms with Crippen LogP contribution in [0.15, 0.2) is 0 Å². The zero-order chi connectivity index (χ0) is 20.9. The van der Waals surface area contributed by atoms with Gasteiger partial charge in [0, 0.05) is 52.2 Å². The Kier molecular flexibility index (Phi) is 8.07. The summed E-state index contributed by atoms with van der Waals surface area (Å²) in [6, 6.07) is 0.749. The highest BCUT2D eigenvalue weighted by Gasteiger charge is 2.42. The van der Waals surface area contributed by atoms with Gasteiger partial charge in [0.1, 0.15) is 0 Å². The van der Waals surface area contributed by atoms with Gasteiger partial charge in [-0.2, -0.15) is 0 Å². The second-order valence-electron chi connectivity index (χ2n) is 10.6. The molecule has 2 aliphatic carbocycles. The van der Waals surface area contributed by atoms with Crippen LogP contribution in [-0.2, 0) is 4.79 Å². The second-order valence-corrected chi connectivity index (χ2v) is 10.6. The summed E-state index contributed by atoms with van der Waals surface area (Å²) in [5.41, 5.74) is 9.38. The first-order valence-corrected chi connectivity index (χ1v) is 12.8. The van der Waals surface area contributed by atoms with Crippen LogP contribution in [0.3, 0.4) is 0 Å². The van der Waals surface area contributed by atoms with Crippen molar-refractivity contribution in [2.45, 2.75) is 70.8 Å². The Morgan fingerprint density at radius 2 is 1.67 bits per heavy atom. The lowest BCUT2D eigenvalue weighted by Gasteiger charge is -2.42. The average molecular weight is 420 g/mol. The van der Waals surface area contributed by atoms with E-state index in [0.29, 0.717) is 0 Å². The van der Waals surface area contributed by atoms with Crippen molar-refractivity contribution in [3.05, 3.63) is 0 Å². The quantitative estimate of drug-likeness (QED) is 0.552. The van der Waals surface area contributed by atoms with Gasteiger partial charge in [-0.15, -0.1) is 0 Å². The molecule has 172 valence electrons. The van der Waals surface area contributed by atoms with Gasteiger partial charge in [0.15, 0.2) is 0 Å². The Morgan fingerprint density at radius 1 is 0.967 bits per heavy atom. The zero-order valence-corrected chi connectivity index (χ0v) is 19.2. The number of carbonyl (C=O) groups is 1. The molecule has 6 nitrogen and oxygen atoms in total. The maximum absolute atomic E-state index is 11.6. The van der Waals surface area contributed by atoms with Crippen molar-refractivity contribution in [3.63, 3.8) is 0 Å². The van der Waals surface area contributed by atoms with Crippen LogP contribution in [0.4, 0.5) is 0 Å². The number of hydrazine groups is 1. The summed E-state index contributed by atoms with van der Waals surface area (Å²) in [4.78, 5) is 13.6. The summed E-state index contributed by atoms with van der Waals surface area (Å²) in [5.74, 6) is 4.60. The molecule has 4 fully saturated rings. The Morgan fingerprint density at radius 3 is 2.37 bits per heavy atom. The van der Waals surface area contributed by atoms with Crippen LogP contribution in [0, 0.1) is 29.6 Å². The van der Waals surface area contributed by atoms with Gasteiger partial charge < -0.3 is 16.0 Å². The zero-order valence-electron chi connectivity index (χ0n) is 19.2. The highest BCUT2D eigenvalue weighted by Crippen LogP contribution is 2.43. The fourth-order valence-electron chi connectivity index (χ4n) is 6.82. The summed E-state index contributed by atoms with van der Waals surface area (Å²) < 4.78 is 0. The monoisotopic (exact) mass is 419 g/mol. The molecule has 1 amide bonds. The maximum Gasteiger partial charge on any atom is 0.219 e. The lowest BCUT2D eigenvalue weighted by molar-refractivity contribution is -0.130. The minimum Gasteiger partial charge on any atom is -0.343 e. The molecule has 4 N–H and O–H groups in total. The van der Waals surface area contributed by atoms with Gasteiger partial charge in [-0.3, -0.25) is 10.2 Å². The van der Waals surface area contributed by atoms with Crippen molar-refractivity contribution >= 4 is 5.91 Å². The van der Waals surface area contributed by atoms with Gasteiger partial charge in [-0.05, 0) is 93.9 Å². The fraction of sp³-hybridized carbons (Fsp3) is 0.958. The van der Waals surface area contributed by atoms with E-state index in [1.807, 2.05) is 4.90 Å². The number of hydrogen-bond donors (Lipinski definition) is 3. The van der Waals surface area contributed by atoms with Crippen LogP contribution in [0.25, 0.3) is 0 Å². The van der Waals surface area contributed by atoms with Crippen LogP contribution < -0.4 is 16.5 Å². The Bertz CT molecular complexity index is 542. The minimum atomic E-state index is 0.243. The number of nitrogens with zero attached hydrogens (tertiary/aromatic N) is 2. The number of nitrogens with two attached hydrogens (primary N) is 1. The summed E-state index contributed by atoms with van der Waals surface area (Å²) in [6.07, 6.45) is 12.3. The Balaban J connectivity index is 1.22. The molecular weight excluding hydrogens is 374 g/mol. The van der Waals surface area contributed by atoms with Gasteiger partial charge in [-0.25, -0.2) is 5.01 Å². The largest absolute Gasteiger partial charge is 0.343 e. The lowest BCUT2D eigenvalue weighted by Crippen LogP contribution is -2.47. The van der Waals surface area contributed by atoms with Gasteiger partial charge in [-0.1, -0.05) is 0 Å². The van der Waals surface area contributed by atoms with Crippen LogP contribution in [0.1, 0.15) is 64.7 Å². The van der Waals surface area contributed by atoms with Crippen molar-refractivity contribution in [2.24, 2.45) is 35.3 Å². The Labute approximate surface area is 183 Å². The number of amides is 1. The third-order valence-electron chi connectivity index (χ3n) is 8.78. The van der Waals surface area contributed by atoms with Crippen LogP contribution in [-0.4, -0.2) is 67.7 Å². The van der Waals surface area contributed by atoms with E-state index in [9.17, 15) is 4.79 Å². The number of piperidine rings is 1. The molecule has 2 saturated heterocycles. The molecule has 3 unspecified atom stereocenters. The van der Waals surface area contributed by atoms with Gasteiger partial charge in [0.05, 0.1) is 0 Å². The summed E-state index contributed by atoms with van der Waals surface area (Å²) in [6.45, 7) is 8.85. The van der Waals surface area contributed by atoms with Crippen LogP contribution >= 0.6 is 0 Å². The van der Waals surface area contributed by atoms with E-state index in [1.54, 1.807) is 6.92 Å². The molecule has 30 heavy (non-hydrogen) atoms.